The summed E-state index contributed by atoms with van der Waals surface area (Å²) in [5.74, 6) is 3.39. The van der Waals surface area contributed by atoms with Crippen molar-refractivity contribution in [2.24, 2.45) is 11.8 Å². The minimum atomic E-state index is 0.866. The third kappa shape index (κ3) is 3.69. The minimum absolute atomic E-state index is 0.866. The Morgan fingerprint density at radius 2 is 1.86 bits per heavy atom. The van der Waals surface area contributed by atoms with Crippen LogP contribution in [0.25, 0.3) is 0 Å². The lowest BCUT2D eigenvalue weighted by molar-refractivity contribution is 0.330. The van der Waals surface area contributed by atoms with E-state index in [1.807, 2.05) is 11.8 Å². The number of rotatable bonds is 6. The standard InChI is InChI=1S/C12H24S2/c1-10(14-3)12(8-9-13-2)11-6-4-5-7-11/h10-12H,4-9H2,1-3H3. The molecule has 0 aromatic rings. The van der Waals surface area contributed by atoms with E-state index in [-0.39, 0.29) is 0 Å². The second-order valence-electron chi connectivity index (χ2n) is 4.43. The fourth-order valence-corrected chi connectivity index (χ4v) is 3.88. The smallest absolute Gasteiger partial charge is 0.00471 e. The molecule has 0 saturated heterocycles. The Labute approximate surface area is 98.0 Å². The van der Waals surface area contributed by atoms with Gasteiger partial charge in [-0.05, 0) is 36.5 Å². The molecule has 0 amide bonds. The highest BCUT2D eigenvalue weighted by Crippen LogP contribution is 2.38. The van der Waals surface area contributed by atoms with Crippen molar-refractivity contribution in [1.82, 2.24) is 0 Å². The van der Waals surface area contributed by atoms with Crippen molar-refractivity contribution in [1.29, 1.82) is 0 Å². The first kappa shape index (κ1) is 12.8. The average Bonchev–Trinajstić information content (AvgIpc) is 2.71. The molecule has 0 spiro atoms. The van der Waals surface area contributed by atoms with Crippen molar-refractivity contribution in [3.05, 3.63) is 0 Å². The fraction of sp³-hybridized carbons (Fsp3) is 1.00. The summed E-state index contributed by atoms with van der Waals surface area (Å²) in [6, 6.07) is 0. The van der Waals surface area contributed by atoms with Crippen molar-refractivity contribution in [2.45, 2.75) is 44.3 Å². The van der Waals surface area contributed by atoms with Crippen molar-refractivity contribution in [2.75, 3.05) is 18.3 Å². The van der Waals surface area contributed by atoms with Gasteiger partial charge in [-0.1, -0.05) is 32.6 Å². The van der Waals surface area contributed by atoms with Crippen LogP contribution in [0, 0.1) is 11.8 Å². The van der Waals surface area contributed by atoms with Gasteiger partial charge >= 0.3 is 0 Å². The molecule has 0 aliphatic heterocycles. The zero-order valence-corrected chi connectivity index (χ0v) is 11.4. The maximum Gasteiger partial charge on any atom is 0.00471 e. The predicted octanol–water partition coefficient (Wildman–Crippen LogP) is 4.30. The molecule has 0 aromatic heterocycles. The van der Waals surface area contributed by atoms with E-state index in [4.69, 9.17) is 0 Å². The summed E-state index contributed by atoms with van der Waals surface area (Å²) in [4.78, 5) is 0. The van der Waals surface area contributed by atoms with Crippen molar-refractivity contribution >= 4 is 23.5 Å². The third-order valence-electron chi connectivity index (χ3n) is 3.64. The fourth-order valence-electron chi connectivity index (χ4n) is 2.67. The summed E-state index contributed by atoms with van der Waals surface area (Å²) in [5, 5.41) is 0.866. The minimum Gasteiger partial charge on any atom is -0.165 e. The molecule has 84 valence electrons. The van der Waals surface area contributed by atoms with Crippen LogP contribution < -0.4 is 0 Å². The zero-order chi connectivity index (χ0) is 10.4. The Balaban J connectivity index is 2.42. The van der Waals surface area contributed by atoms with Crippen molar-refractivity contribution in [3.8, 4) is 0 Å². The van der Waals surface area contributed by atoms with Gasteiger partial charge in [-0.25, -0.2) is 0 Å². The SMILES string of the molecule is CSCCC(C1CCCC1)C(C)SC. The molecule has 0 aromatic carbocycles. The van der Waals surface area contributed by atoms with Gasteiger partial charge in [0.1, 0.15) is 0 Å². The van der Waals surface area contributed by atoms with Crippen LogP contribution >= 0.6 is 23.5 Å². The Morgan fingerprint density at radius 1 is 1.21 bits per heavy atom. The van der Waals surface area contributed by atoms with Gasteiger partial charge in [-0.3, -0.25) is 0 Å². The van der Waals surface area contributed by atoms with Crippen molar-refractivity contribution < 1.29 is 0 Å². The first-order chi connectivity index (χ1) is 6.79. The van der Waals surface area contributed by atoms with Crippen LogP contribution in [-0.2, 0) is 0 Å². The Kier molecular flexibility index (Phi) is 6.43. The maximum absolute atomic E-state index is 2.42. The summed E-state index contributed by atoms with van der Waals surface area (Å²) in [6.07, 6.45) is 11.9. The number of hydrogen-bond acceptors (Lipinski definition) is 2. The molecule has 0 nitrogen and oxygen atoms in total. The van der Waals surface area contributed by atoms with E-state index in [1.54, 1.807) is 0 Å². The molecule has 2 unspecified atom stereocenters. The predicted molar refractivity (Wildman–Crippen MR) is 71.4 cm³/mol. The molecule has 1 aliphatic carbocycles. The van der Waals surface area contributed by atoms with E-state index in [9.17, 15) is 0 Å². The van der Waals surface area contributed by atoms with Crippen LogP contribution in [0.3, 0.4) is 0 Å². The van der Waals surface area contributed by atoms with Crippen LogP contribution in [-0.4, -0.2) is 23.5 Å². The van der Waals surface area contributed by atoms with Crippen LogP contribution in [0.5, 0.6) is 0 Å². The molecular formula is C12H24S2. The first-order valence-corrected chi connectivity index (χ1v) is 8.49. The number of thioether (sulfide) groups is 2. The zero-order valence-electron chi connectivity index (χ0n) is 9.79. The lowest BCUT2D eigenvalue weighted by atomic mass is 9.86. The quantitative estimate of drug-likeness (QED) is 0.670. The van der Waals surface area contributed by atoms with Crippen LogP contribution in [0.1, 0.15) is 39.0 Å². The summed E-state index contributed by atoms with van der Waals surface area (Å²) in [5.41, 5.74) is 0. The molecular weight excluding hydrogens is 208 g/mol. The largest absolute Gasteiger partial charge is 0.165 e. The Morgan fingerprint density at radius 3 is 2.36 bits per heavy atom. The highest BCUT2D eigenvalue weighted by Gasteiger charge is 2.28. The van der Waals surface area contributed by atoms with Gasteiger partial charge in [0.15, 0.2) is 0 Å². The highest BCUT2D eigenvalue weighted by atomic mass is 32.2. The average molecular weight is 232 g/mol. The molecule has 0 N–H and O–H groups in total. The van der Waals surface area contributed by atoms with E-state index in [0.717, 1.165) is 17.1 Å². The monoisotopic (exact) mass is 232 g/mol. The molecule has 2 heteroatoms. The van der Waals surface area contributed by atoms with E-state index in [0.29, 0.717) is 0 Å². The lowest BCUT2D eigenvalue weighted by Gasteiger charge is -2.28. The second-order valence-corrected chi connectivity index (χ2v) is 6.63. The Hall–Kier alpha value is 0.700. The normalized spacial score (nSPS) is 22.5. The molecule has 1 aliphatic rings. The van der Waals surface area contributed by atoms with Gasteiger partial charge < -0.3 is 0 Å². The van der Waals surface area contributed by atoms with Crippen LogP contribution in [0.15, 0.2) is 0 Å². The lowest BCUT2D eigenvalue weighted by Crippen LogP contribution is -2.22. The van der Waals surface area contributed by atoms with Gasteiger partial charge in [-0.2, -0.15) is 23.5 Å². The second kappa shape index (κ2) is 7.05. The molecule has 0 heterocycles. The third-order valence-corrected chi connectivity index (χ3v) is 5.37. The summed E-state index contributed by atoms with van der Waals surface area (Å²) in [6.45, 7) is 2.42. The summed E-state index contributed by atoms with van der Waals surface area (Å²) in [7, 11) is 0. The van der Waals surface area contributed by atoms with Gasteiger partial charge in [0.25, 0.3) is 0 Å². The van der Waals surface area contributed by atoms with Gasteiger partial charge in [0.05, 0.1) is 0 Å². The van der Waals surface area contributed by atoms with E-state index >= 15 is 0 Å². The van der Waals surface area contributed by atoms with E-state index < -0.39 is 0 Å². The Bertz CT molecular complexity index is 141. The van der Waals surface area contributed by atoms with E-state index in [2.05, 4.69) is 31.2 Å². The van der Waals surface area contributed by atoms with Gasteiger partial charge in [0, 0.05) is 5.25 Å². The first-order valence-electron chi connectivity index (χ1n) is 5.81. The molecule has 0 bridgehead atoms. The highest BCUT2D eigenvalue weighted by molar-refractivity contribution is 7.99. The molecule has 14 heavy (non-hydrogen) atoms. The van der Waals surface area contributed by atoms with Crippen LogP contribution in [0.2, 0.25) is 0 Å². The molecule has 2 atom stereocenters. The molecule has 1 rings (SSSR count). The molecule has 1 saturated carbocycles. The number of hydrogen-bond donors (Lipinski definition) is 0. The van der Waals surface area contributed by atoms with Gasteiger partial charge in [-0.15, -0.1) is 0 Å². The summed E-state index contributed by atoms with van der Waals surface area (Å²) < 4.78 is 0. The summed E-state index contributed by atoms with van der Waals surface area (Å²) >= 11 is 4.07. The van der Waals surface area contributed by atoms with Crippen molar-refractivity contribution in [3.63, 3.8) is 0 Å². The molecule has 0 radical (unpaired) electrons. The topological polar surface area (TPSA) is 0 Å². The van der Waals surface area contributed by atoms with Crippen LogP contribution in [0.4, 0.5) is 0 Å². The molecule has 1 fully saturated rings. The van der Waals surface area contributed by atoms with E-state index in [1.165, 1.54) is 37.9 Å². The van der Waals surface area contributed by atoms with Gasteiger partial charge in [0.2, 0.25) is 0 Å². The maximum atomic E-state index is 2.42.